The van der Waals surface area contributed by atoms with Crippen molar-refractivity contribution in [2.24, 2.45) is 0 Å². The fourth-order valence-electron chi connectivity index (χ4n) is 2.26. The maximum absolute atomic E-state index is 12.4. The van der Waals surface area contributed by atoms with Crippen molar-refractivity contribution < 1.29 is 9.53 Å². The number of hydrogen-bond acceptors (Lipinski definition) is 3. The third-order valence-electron chi connectivity index (χ3n) is 3.66. The van der Waals surface area contributed by atoms with Gasteiger partial charge in [0.25, 0.3) is 5.56 Å². The van der Waals surface area contributed by atoms with Gasteiger partial charge in [-0.2, -0.15) is 0 Å². The number of carbonyl (C=O) groups is 1. The average molecular weight is 313 g/mol. The summed E-state index contributed by atoms with van der Waals surface area (Å²) in [5, 5.41) is 0. The Bertz CT molecular complexity index is 714. The molecule has 0 unspecified atom stereocenters. The highest BCUT2D eigenvalue weighted by molar-refractivity contribution is 5.95. The molecule has 0 atom stereocenters. The molecule has 122 valence electrons. The molecule has 1 aromatic heterocycles. The smallest absolute Gasteiger partial charge is 0.293 e. The first-order chi connectivity index (χ1) is 11.0. The normalized spacial score (nSPS) is 10.8. The number of hydrogen-bond donors (Lipinski definition) is 0. The van der Waals surface area contributed by atoms with E-state index < -0.39 is 0 Å². The third-order valence-corrected chi connectivity index (χ3v) is 3.66. The Labute approximate surface area is 136 Å². The van der Waals surface area contributed by atoms with E-state index in [1.54, 1.807) is 18.3 Å². The largest absolute Gasteiger partial charge is 0.488 e. The van der Waals surface area contributed by atoms with Crippen molar-refractivity contribution in [3.05, 3.63) is 64.1 Å². The molecular weight excluding hydrogens is 290 g/mol. The Morgan fingerprint density at radius 3 is 2.48 bits per heavy atom. The summed E-state index contributed by atoms with van der Waals surface area (Å²) >= 11 is 0. The van der Waals surface area contributed by atoms with Crippen LogP contribution < -0.4 is 10.3 Å². The number of ketones is 1. The lowest BCUT2D eigenvalue weighted by Crippen LogP contribution is -2.25. The number of carbonyl (C=O) groups excluding carboxylic acids is 1. The van der Waals surface area contributed by atoms with Gasteiger partial charge < -0.3 is 9.30 Å². The Morgan fingerprint density at radius 2 is 1.87 bits per heavy atom. The molecular formula is C19H23NO3. The van der Waals surface area contributed by atoms with Crippen LogP contribution in [0, 0.1) is 0 Å². The minimum Gasteiger partial charge on any atom is -0.488 e. The molecule has 2 rings (SSSR count). The fraction of sp³-hybridized carbons (Fsp3) is 0.368. The quantitative estimate of drug-likeness (QED) is 0.733. The van der Waals surface area contributed by atoms with Crippen molar-refractivity contribution in [2.75, 3.05) is 6.61 Å². The first-order valence-corrected chi connectivity index (χ1v) is 7.98. The van der Waals surface area contributed by atoms with Crippen molar-refractivity contribution in [1.82, 2.24) is 4.57 Å². The summed E-state index contributed by atoms with van der Waals surface area (Å²) in [6, 6.07) is 10.9. The van der Waals surface area contributed by atoms with E-state index in [9.17, 15) is 9.59 Å². The van der Waals surface area contributed by atoms with Crippen molar-refractivity contribution in [2.45, 2.75) is 39.7 Å². The van der Waals surface area contributed by atoms with Gasteiger partial charge in [-0.15, -0.1) is 0 Å². The Morgan fingerprint density at radius 1 is 1.17 bits per heavy atom. The molecule has 4 heteroatoms. The molecule has 1 aromatic carbocycles. The molecule has 0 aliphatic rings. The average Bonchev–Trinajstić information content (AvgIpc) is 2.55. The van der Waals surface area contributed by atoms with Crippen LogP contribution in [0.3, 0.4) is 0 Å². The summed E-state index contributed by atoms with van der Waals surface area (Å²) in [5.41, 5.74) is 1.53. The standard InChI is InChI=1S/C19H23NO3/c1-4-12-23-18-6-5-11-20(19(18)22)13-17(21)16-9-7-15(8-10-16)14(2)3/h5-11,14H,4,12-13H2,1-3H3. The highest BCUT2D eigenvalue weighted by Crippen LogP contribution is 2.15. The van der Waals surface area contributed by atoms with E-state index in [-0.39, 0.29) is 23.6 Å². The number of ether oxygens (including phenoxy) is 1. The molecule has 4 nitrogen and oxygen atoms in total. The highest BCUT2D eigenvalue weighted by atomic mass is 16.5. The Kier molecular flexibility index (Phi) is 5.74. The zero-order valence-corrected chi connectivity index (χ0v) is 13.9. The van der Waals surface area contributed by atoms with E-state index in [0.717, 1.165) is 6.42 Å². The fourth-order valence-corrected chi connectivity index (χ4v) is 2.26. The molecule has 0 radical (unpaired) electrons. The summed E-state index contributed by atoms with van der Waals surface area (Å²) in [7, 11) is 0. The Hall–Kier alpha value is -2.36. The topological polar surface area (TPSA) is 48.3 Å². The lowest BCUT2D eigenvalue weighted by molar-refractivity contribution is 0.0970. The molecule has 2 aromatic rings. The first kappa shape index (κ1) is 17.0. The van der Waals surface area contributed by atoms with Gasteiger partial charge in [-0.25, -0.2) is 0 Å². The molecule has 0 spiro atoms. The summed E-state index contributed by atoms with van der Waals surface area (Å²) < 4.78 is 6.80. The molecule has 0 fully saturated rings. The van der Waals surface area contributed by atoms with Gasteiger partial charge in [-0.05, 0) is 30.0 Å². The first-order valence-electron chi connectivity index (χ1n) is 7.98. The number of aromatic nitrogens is 1. The Balaban J connectivity index is 2.15. The van der Waals surface area contributed by atoms with Crippen LogP contribution in [-0.2, 0) is 6.54 Å². The van der Waals surface area contributed by atoms with Crippen LogP contribution in [0.2, 0.25) is 0 Å². The van der Waals surface area contributed by atoms with Crippen LogP contribution in [0.5, 0.6) is 5.75 Å². The van der Waals surface area contributed by atoms with E-state index in [1.165, 1.54) is 10.1 Å². The second-order valence-electron chi connectivity index (χ2n) is 5.85. The molecule has 23 heavy (non-hydrogen) atoms. The molecule has 0 bridgehead atoms. The zero-order chi connectivity index (χ0) is 16.8. The summed E-state index contributed by atoms with van der Waals surface area (Å²) in [6.07, 6.45) is 2.44. The summed E-state index contributed by atoms with van der Waals surface area (Å²) in [6.45, 7) is 6.70. The van der Waals surface area contributed by atoms with Gasteiger partial charge in [0.15, 0.2) is 11.5 Å². The van der Waals surface area contributed by atoms with Crippen LogP contribution in [0.25, 0.3) is 0 Å². The van der Waals surface area contributed by atoms with Crippen LogP contribution >= 0.6 is 0 Å². The maximum atomic E-state index is 12.4. The minimum atomic E-state index is -0.270. The number of Topliss-reactive ketones (excluding diaryl/α,β-unsaturated/α-hetero) is 1. The van der Waals surface area contributed by atoms with Gasteiger partial charge in [0, 0.05) is 11.8 Å². The summed E-state index contributed by atoms with van der Waals surface area (Å²) in [5.74, 6) is 0.626. The highest BCUT2D eigenvalue weighted by Gasteiger charge is 2.11. The van der Waals surface area contributed by atoms with Gasteiger partial charge in [-0.1, -0.05) is 45.0 Å². The van der Waals surface area contributed by atoms with Crippen molar-refractivity contribution >= 4 is 5.78 Å². The van der Waals surface area contributed by atoms with Gasteiger partial charge in [0.1, 0.15) is 0 Å². The maximum Gasteiger partial charge on any atom is 0.293 e. The van der Waals surface area contributed by atoms with Crippen molar-refractivity contribution in [3.8, 4) is 5.75 Å². The van der Waals surface area contributed by atoms with Crippen molar-refractivity contribution in [3.63, 3.8) is 0 Å². The lowest BCUT2D eigenvalue weighted by Gasteiger charge is -2.09. The molecule has 0 aliphatic carbocycles. The van der Waals surface area contributed by atoms with Gasteiger partial charge in [0.05, 0.1) is 13.2 Å². The number of pyridine rings is 1. The monoisotopic (exact) mass is 313 g/mol. The molecule has 0 N–H and O–H groups in total. The van der Waals surface area contributed by atoms with E-state index in [0.29, 0.717) is 18.1 Å². The van der Waals surface area contributed by atoms with Crippen LogP contribution in [0.4, 0.5) is 0 Å². The van der Waals surface area contributed by atoms with Gasteiger partial charge >= 0.3 is 0 Å². The van der Waals surface area contributed by atoms with Crippen molar-refractivity contribution in [1.29, 1.82) is 0 Å². The van der Waals surface area contributed by atoms with Crippen LogP contribution in [0.15, 0.2) is 47.4 Å². The van der Waals surface area contributed by atoms with Gasteiger partial charge in [0.2, 0.25) is 0 Å². The van der Waals surface area contributed by atoms with E-state index >= 15 is 0 Å². The number of benzene rings is 1. The van der Waals surface area contributed by atoms with Crippen LogP contribution in [-0.4, -0.2) is 17.0 Å². The van der Waals surface area contributed by atoms with E-state index in [2.05, 4.69) is 13.8 Å². The number of nitrogens with zero attached hydrogens (tertiary/aromatic N) is 1. The third kappa shape index (κ3) is 4.31. The molecule has 0 saturated carbocycles. The molecule has 0 saturated heterocycles. The molecule has 0 aliphatic heterocycles. The molecule has 0 amide bonds. The van der Waals surface area contributed by atoms with E-state index in [1.807, 2.05) is 31.2 Å². The van der Waals surface area contributed by atoms with E-state index in [4.69, 9.17) is 4.74 Å². The van der Waals surface area contributed by atoms with Crippen LogP contribution in [0.1, 0.15) is 49.0 Å². The minimum absolute atomic E-state index is 0.0170. The SMILES string of the molecule is CCCOc1cccn(CC(=O)c2ccc(C(C)C)cc2)c1=O. The predicted molar refractivity (Wildman–Crippen MR) is 91.3 cm³/mol. The second-order valence-corrected chi connectivity index (χ2v) is 5.85. The molecule has 1 heterocycles. The zero-order valence-electron chi connectivity index (χ0n) is 13.9. The second kappa shape index (κ2) is 7.77. The summed E-state index contributed by atoms with van der Waals surface area (Å²) in [4.78, 5) is 24.6. The predicted octanol–water partition coefficient (Wildman–Crippen LogP) is 3.64. The number of rotatable bonds is 7. The lowest BCUT2D eigenvalue weighted by atomic mass is 10.0. The van der Waals surface area contributed by atoms with Gasteiger partial charge in [-0.3, -0.25) is 9.59 Å².